The maximum atomic E-state index is 14.8. The summed E-state index contributed by atoms with van der Waals surface area (Å²) in [4.78, 5) is 30.7. The number of carbonyl (C=O) groups is 2. The molecule has 172 valence electrons. The smallest absolute Gasteiger partial charge is 0.414 e. The van der Waals surface area contributed by atoms with Gasteiger partial charge in [0.05, 0.1) is 12.2 Å². The Balaban J connectivity index is 1.69. The number of rotatable bonds is 6. The van der Waals surface area contributed by atoms with E-state index >= 15 is 0 Å². The van der Waals surface area contributed by atoms with Gasteiger partial charge in [0.25, 0.3) is 10.2 Å². The van der Waals surface area contributed by atoms with E-state index in [1.54, 1.807) is 0 Å². The molecular weight excluding hydrogens is 460 g/mol. The van der Waals surface area contributed by atoms with Gasteiger partial charge in [-0.1, -0.05) is 12.6 Å². The third kappa shape index (κ3) is 5.35. The molecule has 0 spiro atoms. The molecule has 0 radical (unpaired) electrons. The predicted molar refractivity (Wildman–Crippen MR) is 109 cm³/mol. The molecule has 31 heavy (non-hydrogen) atoms. The fourth-order valence-corrected chi connectivity index (χ4v) is 3.98. The Bertz CT molecular complexity index is 950. The quantitative estimate of drug-likeness (QED) is 0.448. The van der Waals surface area contributed by atoms with Gasteiger partial charge in [-0.2, -0.15) is 12.7 Å². The fourth-order valence-electron chi connectivity index (χ4n) is 3.25. The van der Waals surface area contributed by atoms with Crippen LogP contribution in [0, 0.1) is 11.6 Å². The molecule has 1 aromatic carbocycles. The van der Waals surface area contributed by atoms with Crippen molar-refractivity contribution in [2.24, 2.45) is 5.14 Å². The van der Waals surface area contributed by atoms with Gasteiger partial charge in [-0.3, -0.25) is 14.5 Å². The summed E-state index contributed by atoms with van der Waals surface area (Å²) in [5.74, 6) is -1.82. The number of anilines is 2. The molecule has 2 aliphatic rings. The van der Waals surface area contributed by atoms with E-state index < -0.39 is 39.3 Å². The molecule has 0 saturated carbocycles. The minimum atomic E-state index is -3.87. The third-order valence-corrected chi connectivity index (χ3v) is 6.19. The van der Waals surface area contributed by atoms with Crippen molar-refractivity contribution in [3.8, 4) is 0 Å². The van der Waals surface area contributed by atoms with Crippen LogP contribution in [0.3, 0.4) is 0 Å². The second kappa shape index (κ2) is 9.12. The molecular formula is C16H21F2N5O6S2. The second-order valence-corrected chi connectivity index (χ2v) is 8.81. The van der Waals surface area contributed by atoms with E-state index in [0.29, 0.717) is 0 Å². The molecule has 15 heteroatoms. The van der Waals surface area contributed by atoms with Gasteiger partial charge in [0, 0.05) is 45.4 Å². The molecule has 3 rings (SSSR count). The molecule has 2 aliphatic heterocycles. The number of nitrogens with zero attached hydrogens (tertiary/aromatic N) is 4. The van der Waals surface area contributed by atoms with E-state index in [1.165, 1.54) is 11.9 Å². The summed E-state index contributed by atoms with van der Waals surface area (Å²) in [6, 6.07) is 2.00. The van der Waals surface area contributed by atoms with Crippen molar-refractivity contribution in [1.29, 1.82) is 0 Å². The number of carbonyl (C=O) groups excluding carboxylic acids is 2. The van der Waals surface area contributed by atoms with Crippen LogP contribution in [0.1, 0.15) is 0 Å². The number of piperazine rings is 1. The van der Waals surface area contributed by atoms with E-state index in [1.807, 2.05) is 0 Å². The number of ether oxygens (including phenoxy) is 1. The summed E-state index contributed by atoms with van der Waals surface area (Å²) in [6.07, 6.45) is -1.58. The predicted octanol–water partition coefficient (Wildman–Crippen LogP) is 0.529. The lowest BCUT2D eigenvalue weighted by molar-refractivity contribution is -0.113. The van der Waals surface area contributed by atoms with Crippen molar-refractivity contribution < 1.29 is 36.4 Å². The number of hydroxylamine groups is 2. The Hall–Kier alpha value is -2.20. The summed E-state index contributed by atoms with van der Waals surface area (Å²) >= 11 is 3.57. The Morgan fingerprint density at radius 3 is 2.39 bits per heavy atom. The van der Waals surface area contributed by atoms with Crippen LogP contribution < -0.4 is 14.9 Å². The van der Waals surface area contributed by atoms with Crippen molar-refractivity contribution in [2.45, 2.75) is 6.10 Å². The van der Waals surface area contributed by atoms with Crippen LogP contribution in [0.15, 0.2) is 12.1 Å². The molecule has 0 aromatic heterocycles. The van der Waals surface area contributed by atoms with Gasteiger partial charge in [0.2, 0.25) is 0 Å². The van der Waals surface area contributed by atoms with Crippen molar-refractivity contribution >= 4 is 45.5 Å². The Labute approximate surface area is 182 Å². The van der Waals surface area contributed by atoms with Gasteiger partial charge < -0.3 is 9.64 Å². The summed E-state index contributed by atoms with van der Waals surface area (Å²) < 4.78 is 58.4. The van der Waals surface area contributed by atoms with Crippen LogP contribution in [0.2, 0.25) is 0 Å². The van der Waals surface area contributed by atoms with Crippen LogP contribution in [-0.2, 0) is 19.8 Å². The average molecular weight is 482 g/mol. The largest absolute Gasteiger partial charge is 0.441 e. The molecule has 2 fully saturated rings. The average Bonchev–Trinajstić information content (AvgIpc) is 3.05. The topological polar surface area (TPSA) is 126 Å². The molecule has 0 bridgehead atoms. The number of hydrogen-bond donors (Lipinski definition) is 2. The van der Waals surface area contributed by atoms with E-state index in [0.717, 1.165) is 26.4 Å². The standard InChI is InChI=1S/C16H21F2N5O6S2/c1-20(16(25)30)28-9-11-8-23(15(24)29-11)10-6-12(17)14(13(18)7-10)21-2-4-22(5-3-21)31(19,26)27/h6-7,11H,2-5,8-9H2,1H3,(H,25,30)(H2,19,26,27)/t11-/m0/s1. The number of benzene rings is 1. The first-order valence-corrected chi connectivity index (χ1v) is 11.0. The van der Waals surface area contributed by atoms with Gasteiger partial charge in [0.15, 0.2) is 11.6 Å². The first kappa shape index (κ1) is 23.5. The lowest BCUT2D eigenvalue weighted by Crippen LogP contribution is -2.51. The van der Waals surface area contributed by atoms with Crippen molar-refractivity contribution in [1.82, 2.24) is 9.37 Å². The number of halogens is 2. The van der Waals surface area contributed by atoms with E-state index in [4.69, 9.17) is 14.7 Å². The highest BCUT2D eigenvalue weighted by Gasteiger charge is 2.35. The highest BCUT2D eigenvalue weighted by Crippen LogP contribution is 2.31. The van der Waals surface area contributed by atoms with E-state index in [-0.39, 0.29) is 50.7 Å². The highest BCUT2D eigenvalue weighted by atomic mass is 32.2. The Morgan fingerprint density at radius 1 is 1.29 bits per heavy atom. The number of hydrogen-bond acceptors (Lipinski definition) is 7. The van der Waals surface area contributed by atoms with Gasteiger partial charge >= 0.3 is 11.3 Å². The van der Waals surface area contributed by atoms with E-state index in [9.17, 15) is 26.8 Å². The molecule has 2 saturated heterocycles. The molecule has 2 amide bonds. The summed E-state index contributed by atoms with van der Waals surface area (Å²) in [6.45, 7) is -0.120. The Kier molecular flexibility index (Phi) is 6.90. The maximum Gasteiger partial charge on any atom is 0.414 e. The van der Waals surface area contributed by atoms with Crippen LogP contribution in [0.5, 0.6) is 0 Å². The molecule has 0 unspecified atom stereocenters. The van der Waals surface area contributed by atoms with Crippen LogP contribution in [0.25, 0.3) is 0 Å². The molecule has 2 N–H and O–H groups in total. The van der Waals surface area contributed by atoms with Crippen LogP contribution in [0.4, 0.5) is 29.7 Å². The number of thiol groups is 1. The lowest BCUT2D eigenvalue weighted by atomic mass is 10.2. The number of amides is 2. The maximum absolute atomic E-state index is 14.8. The summed E-state index contributed by atoms with van der Waals surface area (Å²) in [5, 5.41) is 5.27. The van der Waals surface area contributed by atoms with Crippen molar-refractivity contribution in [2.75, 3.05) is 56.2 Å². The zero-order chi connectivity index (χ0) is 22.9. The molecule has 11 nitrogen and oxygen atoms in total. The monoisotopic (exact) mass is 481 g/mol. The highest BCUT2D eigenvalue weighted by molar-refractivity contribution is 7.96. The molecule has 2 heterocycles. The third-order valence-electron chi connectivity index (χ3n) is 4.83. The number of nitrogens with two attached hydrogens (primary N) is 1. The number of cyclic esters (lactones) is 1. The van der Waals surface area contributed by atoms with Gasteiger partial charge in [-0.05, 0) is 0 Å². The van der Waals surface area contributed by atoms with Crippen molar-refractivity contribution in [3.05, 3.63) is 23.8 Å². The zero-order valence-corrected chi connectivity index (χ0v) is 18.1. The van der Waals surface area contributed by atoms with Crippen LogP contribution >= 0.6 is 12.6 Å². The SMILES string of the molecule is CN(OC[C@@H]1CN(c2cc(F)c(N3CCN(S(N)(=O)=O)CC3)c(F)c2)C(=O)O1)C(=O)S. The lowest BCUT2D eigenvalue weighted by Gasteiger charge is -2.34. The van der Waals surface area contributed by atoms with Gasteiger partial charge in [0.1, 0.15) is 18.4 Å². The first-order chi connectivity index (χ1) is 14.5. The Morgan fingerprint density at radius 2 is 1.87 bits per heavy atom. The minimum absolute atomic E-state index is 0.0111. The minimum Gasteiger partial charge on any atom is -0.441 e. The molecule has 1 aromatic rings. The second-order valence-electron chi connectivity index (χ2n) is 6.88. The van der Waals surface area contributed by atoms with Gasteiger partial charge in [-0.25, -0.2) is 23.8 Å². The van der Waals surface area contributed by atoms with E-state index in [2.05, 4.69) is 12.6 Å². The zero-order valence-electron chi connectivity index (χ0n) is 16.4. The summed E-state index contributed by atoms with van der Waals surface area (Å²) in [5.41, 5.74) is -0.368. The normalized spacial score (nSPS) is 20.2. The van der Waals surface area contributed by atoms with Crippen LogP contribution in [-0.4, -0.2) is 81.6 Å². The summed E-state index contributed by atoms with van der Waals surface area (Å²) in [7, 11) is -2.54. The van der Waals surface area contributed by atoms with Crippen molar-refractivity contribution in [3.63, 3.8) is 0 Å². The van der Waals surface area contributed by atoms with Gasteiger partial charge in [-0.15, -0.1) is 0 Å². The molecule has 1 atom stereocenters. The fraction of sp³-hybridized carbons (Fsp3) is 0.500. The first-order valence-electron chi connectivity index (χ1n) is 9.07. The molecule has 0 aliphatic carbocycles.